The highest BCUT2D eigenvalue weighted by Gasteiger charge is 2.29. The van der Waals surface area contributed by atoms with Crippen molar-refractivity contribution in [1.82, 2.24) is 0 Å². The zero-order valence-electron chi connectivity index (χ0n) is 62.4. The first kappa shape index (κ1) is 95.2. The largest absolute Gasteiger partial charge is 0.472 e. The van der Waals surface area contributed by atoms with Crippen LogP contribution in [0.4, 0.5) is 0 Å². The number of carbonyl (C=O) groups is 3. The van der Waals surface area contributed by atoms with E-state index in [0.717, 1.165) is 154 Å². The van der Waals surface area contributed by atoms with Gasteiger partial charge in [0.2, 0.25) is 0 Å². The molecule has 0 aromatic rings. The molecular formula is C81H142O16P2. The minimum absolute atomic E-state index is 0.104. The van der Waals surface area contributed by atoms with E-state index < -0.39 is 91.5 Å². The van der Waals surface area contributed by atoms with Crippen molar-refractivity contribution in [3.63, 3.8) is 0 Å². The highest BCUT2D eigenvalue weighted by Crippen LogP contribution is 2.45. The van der Waals surface area contributed by atoms with Crippen LogP contribution in [0.15, 0.2) is 109 Å². The molecule has 0 fully saturated rings. The summed E-state index contributed by atoms with van der Waals surface area (Å²) < 4.78 is 61.2. The number of rotatable bonds is 74. The third-order valence-corrected chi connectivity index (χ3v) is 18.4. The van der Waals surface area contributed by atoms with Gasteiger partial charge in [-0.25, -0.2) is 9.13 Å². The van der Waals surface area contributed by atoms with Crippen LogP contribution in [0.3, 0.4) is 0 Å². The Morgan fingerprint density at radius 1 is 0.293 bits per heavy atom. The second kappa shape index (κ2) is 73.9. The summed E-state index contributed by atoms with van der Waals surface area (Å²) in [6, 6.07) is 0. The van der Waals surface area contributed by atoms with Crippen LogP contribution in [0.1, 0.15) is 329 Å². The zero-order valence-corrected chi connectivity index (χ0v) is 64.2. The van der Waals surface area contributed by atoms with Gasteiger partial charge in [-0.15, -0.1) is 0 Å². The van der Waals surface area contributed by atoms with Gasteiger partial charge in [0.05, 0.1) is 26.4 Å². The van der Waals surface area contributed by atoms with E-state index in [1.54, 1.807) is 0 Å². The number of ether oxygens (including phenoxy) is 3. The molecule has 0 spiro atoms. The molecular weight excluding hydrogens is 1290 g/mol. The number of esters is 3. The Kier molecular flexibility index (Phi) is 71.1. The molecule has 0 amide bonds. The van der Waals surface area contributed by atoms with Crippen molar-refractivity contribution in [3.05, 3.63) is 109 Å². The van der Waals surface area contributed by atoms with Gasteiger partial charge in [0, 0.05) is 19.3 Å². The van der Waals surface area contributed by atoms with Gasteiger partial charge in [0.1, 0.15) is 25.4 Å². The summed E-state index contributed by atoms with van der Waals surface area (Å²) in [6.07, 6.45) is 85.5. The maximum Gasteiger partial charge on any atom is 0.472 e. The van der Waals surface area contributed by atoms with Crippen molar-refractivity contribution in [2.24, 2.45) is 0 Å². The van der Waals surface area contributed by atoms with E-state index in [1.807, 2.05) is 0 Å². The molecule has 0 radical (unpaired) electrons. The predicted molar refractivity (Wildman–Crippen MR) is 408 cm³/mol. The average Bonchev–Trinajstić information content (AvgIpc) is 1.84. The van der Waals surface area contributed by atoms with Gasteiger partial charge < -0.3 is 34.2 Å². The minimum atomic E-state index is -4.93. The van der Waals surface area contributed by atoms with Crippen LogP contribution in [0.2, 0.25) is 0 Å². The van der Waals surface area contributed by atoms with Gasteiger partial charge in [0.15, 0.2) is 6.10 Å². The molecule has 0 aromatic heterocycles. The maximum absolute atomic E-state index is 13.0. The third kappa shape index (κ3) is 75.2. The molecule has 0 aliphatic carbocycles. The SMILES string of the molecule is CC/C=C\C/C=C\C/C=C\C/C=C\C/C=C\CCCCCCCCCC(=O)OCC(COP(=O)(O)OCC(O)COP(=O)(O)OCC(O)COC(=O)CCCCCCCCCCC/C=C\C/C=C\C/C=C\C/C=C\CCCCC)OC(=O)CCCCCCCCCCCCCCCCC. The minimum Gasteiger partial charge on any atom is -0.463 e. The molecule has 5 atom stereocenters. The second-order valence-electron chi connectivity index (χ2n) is 26.1. The predicted octanol–water partition coefficient (Wildman–Crippen LogP) is 22.8. The number of allylic oxidation sites excluding steroid dienone is 18. The summed E-state index contributed by atoms with van der Waals surface area (Å²) in [4.78, 5) is 58.6. The smallest absolute Gasteiger partial charge is 0.463 e. The average molecular weight is 1430 g/mol. The van der Waals surface area contributed by atoms with E-state index in [-0.39, 0.29) is 19.3 Å². The molecule has 0 aliphatic heterocycles. The van der Waals surface area contributed by atoms with Gasteiger partial charge in [-0.1, -0.05) is 310 Å². The van der Waals surface area contributed by atoms with Crippen molar-refractivity contribution in [2.75, 3.05) is 39.6 Å². The number of unbranched alkanes of at least 4 members (excludes halogenated alkanes) is 33. The Morgan fingerprint density at radius 3 is 0.869 bits per heavy atom. The Labute approximate surface area is 602 Å². The highest BCUT2D eigenvalue weighted by molar-refractivity contribution is 7.47. The summed E-state index contributed by atoms with van der Waals surface area (Å²) in [5.41, 5.74) is 0. The van der Waals surface area contributed by atoms with Crippen LogP contribution in [-0.4, -0.2) is 95.9 Å². The molecule has 0 bridgehead atoms. The number of phosphoric ester groups is 2. The van der Waals surface area contributed by atoms with Crippen molar-refractivity contribution in [3.8, 4) is 0 Å². The Bertz CT molecular complexity index is 2240. The van der Waals surface area contributed by atoms with Gasteiger partial charge in [-0.3, -0.25) is 32.5 Å². The number of hydrogen-bond acceptors (Lipinski definition) is 14. The van der Waals surface area contributed by atoms with Crippen LogP contribution in [0.25, 0.3) is 0 Å². The fourth-order valence-corrected chi connectivity index (χ4v) is 12.1. The van der Waals surface area contributed by atoms with E-state index >= 15 is 0 Å². The summed E-state index contributed by atoms with van der Waals surface area (Å²) in [7, 11) is -9.79. The quantitative estimate of drug-likeness (QED) is 0.0146. The van der Waals surface area contributed by atoms with Crippen molar-refractivity contribution >= 4 is 33.6 Å². The topological polar surface area (TPSA) is 231 Å². The summed E-state index contributed by atoms with van der Waals surface area (Å²) >= 11 is 0. The lowest BCUT2D eigenvalue weighted by Crippen LogP contribution is -2.30. The number of aliphatic hydroxyl groups excluding tert-OH is 2. The molecule has 4 N–H and O–H groups in total. The molecule has 0 aliphatic rings. The fraction of sp³-hybridized carbons (Fsp3) is 0.741. The van der Waals surface area contributed by atoms with Crippen LogP contribution >= 0.6 is 15.6 Å². The zero-order chi connectivity index (χ0) is 72.3. The molecule has 0 saturated heterocycles. The van der Waals surface area contributed by atoms with Crippen molar-refractivity contribution < 1.29 is 75.8 Å². The first-order valence-electron chi connectivity index (χ1n) is 39.2. The molecule has 0 aromatic carbocycles. The maximum atomic E-state index is 13.0. The third-order valence-electron chi connectivity index (χ3n) is 16.5. The van der Waals surface area contributed by atoms with Crippen molar-refractivity contribution in [2.45, 2.75) is 347 Å². The Morgan fingerprint density at radius 2 is 0.535 bits per heavy atom. The van der Waals surface area contributed by atoms with E-state index in [9.17, 15) is 43.5 Å². The number of carbonyl (C=O) groups excluding carboxylic acids is 3. The van der Waals surface area contributed by atoms with Gasteiger partial charge in [-0.2, -0.15) is 0 Å². The second-order valence-corrected chi connectivity index (χ2v) is 29.0. The lowest BCUT2D eigenvalue weighted by atomic mass is 10.0. The Balaban J connectivity index is 4.60. The molecule has 16 nitrogen and oxygen atoms in total. The monoisotopic (exact) mass is 1430 g/mol. The fourth-order valence-electron chi connectivity index (χ4n) is 10.5. The summed E-state index contributed by atoms with van der Waals surface area (Å²) in [6.45, 7) is 2.55. The van der Waals surface area contributed by atoms with Crippen LogP contribution < -0.4 is 0 Å². The first-order valence-corrected chi connectivity index (χ1v) is 42.2. The molecule has 572 valence electrons. The molecule has 0 heterocycles. The lowest BCUT2D eigenvalue weighted by Gasteiger charge is -2.21. The molecule has 0 saturated carbocycles. The van der Waals surface area contributed by atoms with Crippen LogP contribution in [0, 0.1) is 0 Å². The van der Waals surface area contributed by atoms with E-state index in [2.05, 4.69) is 130 Å². The summed E-state index contributed by atoms with van der Waals surface area (Å²) in [5.74, 6) is -1.58. The van der Waals surface area contributed by atoms with Gasteiger partial charge in [-0.05, 0) is 109 Å². The molecule has 18 heteroatoms. The van der Waals surface area contributed by atoms with E-state index in [0.29, 0.717) is 19.3 Å². The van der Waals surface area contributed by atoms with Crippen LogP contribution in [0.5, 0.6) is 0 Å². The number of hydrogen-bond donors (Lipinski definition) is 4. The molecule has 5 unspecified atom stereocenters. The normalized spacial score (nSPS) is 14.6. The van der Waals surface area contributed by atoms with E-state index in [4.69, 9.17) is 32.3 Å². The van der Waals surface area contributed by atoms with Gasteiger partial charge in [0.25, 0.3) is 0 Å². The standard InChI is InChI=1S/C81H142O16P2/c1-4-7-10-13-16-19-22-25-28-30-32-34-36-37-39-41-42-44-47-49-52-55-58-61-64-67-79(84)91-70-76(82)71-93-98(87,88)94-72-77(83)73-95-99(89,90)96-75-78(97-81(86)69-66-63-60-57-54-51-46-27-24-21-18-15-12-9-6-3)74-92-80(85)68-65-62-59-56-53-50-48-45-43-40-38-35-33-31-29-26-23-20-17-14-11-8-5-2/h8,11,16-17,19-20,25-26,28-29,32-35,37,39-40,43,76-78,82-83H,4-7,9-10,12-15,18,21-24,27,30-31,36,38,41-42,44-75H2,1-3H3,(H,87,88)(H,89,90)/b11-8-,19-16-,20-17-,28-25-,29-26-,34-32-,35-33-,39-37-,43-40-. The number of phosphoric acid groups is 2. The molecule has 0 rings (SSSR count). The molecule has 99 heavy (non-hydrogen) atoms. The Hall–Kier alpha value is -3.79. The first-order chi connectivity index (χ1) is 48.2. The van der Waals surface area contributed by atoms with E-state index in [1.165, 1.54) is 116 Å². The lowest BCUT2D eigenvalue weighted by molar-refractivity contribution is -0.161. The van der Waals surface area contributed by atoms with Crippen molar-refractivity contribution in [1.29, 1.82) is 0 Å². The van der Waals surface area contributed by atoms with Crippen LogP contribution in [-0.2, 0) is 55.8 Å². The summed E-state index contributed by atoms with van der Waals surface area (Å²) in [5, 5.41) is 20.6. The number of aliphatic hydroxyl groups is 2. The highest BCUT2D eigenvalue weighted by atomic mass is 31.2. The van der Waals surface area contributed by atoms with Gasteiger partial charge >= 0.3 is 33.6 Å².